The van der Waals surface area contributed by atoms with E-state index in [1.54, 1.807) is 27.6 Å². The van der Waals surface area contributed by atoms with Crippen molar-refractivity contribution in [1.29, 1.82) is 0 Å². The molecule has 0 bridgehead atoms. The van der Waals surface area contributed by atoms with Gasteiger partial charge in [-0.3, -0.25) is 0 Å². The van der Waals surface area contributed by atoms with Crippen molar-refractivity contribution in [3.8, 4) is 0 Å². The van der Waals surface area contributed by atoms with Crippen LogP contribution in [0.15, 0.2) is 72.8 Å². The average Bonchev–Trinajstić information content (AvgIpc) is 3.63. The predicted molar refractivity (Wildman–Crippen MR) is 245 cm³/mol. The number of anilines is 1. The highest BCUT2D eigenvalue weighted by Crippen LogP contribution is 2.56. The summed E-state index contributed by atoms with van der Waals surface area (Å²) in [5.74, 6) is 1.10. The minimum atomic E-state index is -0.894. The molecule has 0 saturated heterocycles. The van der Waals surface area contributed by atoms with E-state index in [4.69, 9.17) is 0 Å². The Bertz CT molecular complexity index is 1860. The van der Waals surface area contributed by atoms with Crippen LogP contribution in [0.25, 0.3) is 0 Å². The molecule has 0 aromatic heterocycles. The summed E-state index contributed by atoms with van der Waals surface area (Å²) in [4.78, 5) is 0. The van der Waals surface area contributed by atoms with E-state index in [1.807, 2.05) is 0 Å². The van der Waals surface area contributed by atoms with E-state index in [9.17, 15) is 0 Å². The molecule has 4 aromatic carbocycles. The van der Waals surface area contributed by atoms with Gasteiger partial charge in [0.25, 0.3) is 0 Å². The zero-order valence-electron chi connectivity index (χ0n) is 36.5. The minimum absolute atomic E-state index is 0.0194. The van der Waals surface area contributed by atoms with Crippen molar-refractivity contribution in [2.75, 3.05) is 17.6 Å². The van der Waals surface area contributed by atoms with Crippen LogP contribution in [-0.4, -0.2) is 17.0 Å². The fraction of sp³-hybridized carbons (Fsp3) is 0.529. The summed E-state index contributed by atoms with van der Waals surface area (Å²) in [6, 6.07) is 29.9. The Morgan fingerprint density at radius 1 is 0.556 bits per heavy atom. The number of aryl methyl sites for hydroxylation is 2. The quantitative estimate of drug-likeness (QED) is 0.149. The summed E-state index contributed by atoms with van der Waals surface area (Å²) in [5.41, 5.74) is 13.6. The summed E-state index contributed by atoms with van der Waals surface area (Å²) in [5, 5.41) is 8.55. The van der Waals surface area contributed by atoms with Crippen LogP contribution in [0.2, 0.25) is 0 Å². The van der Waals surface area contributed by atoms with Crippen molar-refractivity contribution in [3.05, 3.63) is 117 Å². The van der Waals surface area contributed by atoms with Crippen LogP contribution in [0.3, 0.4) is 0 Å². The number of fused-ring (bicyclic) bond motifs is 4. The molecule has 54 heavy (non-hydrogen) atoms. The molecule has 0 radical (unpaired) electrons. The molecule has 0 amide bonds. The van der Waals surface area contributed by atoms with Gasteiger partial charge < -0.3 is 5.32 Å². The molecule has 0 heterocycles. The third-order valence-electron chi connectivity index (χ3n) is 11.9. The van der Waals surface area contributed by atoms with Gasteiger partial charge in [-0.2, -0.15) is 11.8 Å². The molecule has 4 aromatic rings. The van der Waals surface area contributed by atoms with Gasteiger partial charge in [0.15, 0.2) is 0 Å². The van der Waals surface area contributed by atoms with Crippen molar-refractivity contribution >= 4 is 41.3 Å². The van der Waals surface area contributed by atoms with Crippen LogP contribution in [0.1, 0.15) is 161 Å². The van der Waals surface area contributed by atoms with Crippen LogP contribution in [0, 0.1) is 0 Å². The van der Waals surface area contributed by atoms with Gasteiger partial charge in [0.2, 0.25) is 0 Å². The maximum atomic E-state index is 3.99. The molecule has 0 fully saturated rings. The van der Waals surface area contributed by atoms with Gasteiger partial charge in [-0.15, -0.1) is 0 Å². The van der Waals surface area contributed by atoms with E-state index < -0.39 is 7.92 Å². The molecule has 1 N–H and O–H groups in total. The first-order valence-electron chi connectivity index (χ1n) is 20.6. The van der Waals surface area contributed by atoms with Crippen molar-refractivity contribution in [2.45, 2.75) is 161 Å². The van der Waals surface area contributed by atoms with E-state index in [0.717, 1.165) is 25.1 Å². The molecule has 3 heteroatoms. The van der Waals surface area contributed by atoms with Gasteiger partial charge in [0.05, 0.1) is 0 Å². The Balaban J connectivity index is 1.64. The number of thioether (sulfide) groups is 1. The van der Waals surface area contributed by atoms with E-state index in [1.165, 1.54) is 51.4 Å². The third kappa shape index (κ3) is 8.42. The molecule has 0 saturated carbocycles. The summed E-state index contributed by atoms with van der Waals surface area (Å²) in [6.45, 7) is 36.6. The van der Waals surface area contributed by atoms with Crippen molar-refractivity contribution in [1.82, 2.24) is 0 Å². The van der Waals surface area contributed by atoms with Crippen molar-refractivity contribution in [2.24, 2.45) is 0 Å². The van der Waals surface area contributed by atoms with Crippen LogP contribution in [0.4, 0.5) is 5.69 Å². The number of nitrogens with one attached hydrogen (secondary N) is 1. The van der Waals surface area contributed by atoms with Gasteiger partial charge in [-0.05, 0) is 122 Å². The molecule has 1 spiro atoms. The van der Waals surface area contributed by atoms with Crippen LogP contribution in [-0.2, 0) is 39.9 Å². The maximum absolute atomic E-state index is 3.99. The lowest BCUT2D eigenvalue weighted by atomic mass is 9.76. The van der Waals surface area contributed by atoms with Crippen LogP contribution >= 0.6 is 19.7 Å². The first-order valence-corrected chi connectivity index (χ1v) is 23.0. The van der Waals surface area contributed by atoms with Gasteiger partial charge in [0.1, 0.15) is 0 Å². The number of rotatable bonds is 7. The molecule has 0 unspecified atom stereocenters. The smallest absolute Gasteiger partial charge is 0.0384 e. The maximum Gasteiger partial charge on any atom is 0.0384 e. The van der Waals surface area contributed by atoms with Crippen LogP contribution < -0.4 is 21.2 Å². The third-order valence-corrected chi connectivity index (χ3v) is 15.6. The van der Waals surface area contributed by atoms with Crippen LogP contribution in [0.5, 0.6) is 0 Å². The normalized spacial score (nSPS) is 17.7. The minimum Gasteiger partial charge on any atom is -0.384 e. The fourth-order valence-electron chi connectivity index (χ4n) is 8.68. The van der Waals surface area contributed by atoms with Gasteiger partial charge >= 0.3 is 0 Å². The SMILES string of the molecule is CC(C)(C)SCCNc1cccc2c1[C@@]1(CC2)CCc2cccc(P(c3cc(C(C)(C)C)cc(C(C)(C)C)c3)c3cc(C(C)(C)C)cc(C(C)(C)C)c3)c21. The molecule has 2 aliphatic rings. The average molecular weight is 760 g/mol. The molecule has 1 nitrogen and oxygen atoms in total. The van der Waals surface area contributed by atoms with Gasteiger partial charge in [-0.25, -0.2) is 0 Å². The second kappa shape index (κ2) is 14.4. The Labute approximate surface area is 336 Å². The fourth-order valence-corrected chi connectivity index (χ4v) is 12.2. The Kier molecular flexibility index (Phi) is 11.0. The molecule has 6 rings (SSSR count). The molecule has 2 aliphatic carbocycles. The molecule has 290 valence electrons. The zero-order valence-corrected chi connectivity index (χ0v) is 38.2. The summed E-state index contributed by atoms with van der Waals surface area (Å²) >= 11 is 2.05. The second-order valence-electron chi connectivity index (χ2n) is 21.5. The van der Waals surface area contributed by atoms with E-state index in [0.29, 0.717) is 0 Å². The lowest BCUT2D eigenvalue weighted by Crippen LogP contribution is -2.33. The first-order chi connectivity index (χ1) is 24.9. The Morgan fingerprint density at radius 3 is 1.41 bits per heavy atom. The summed E-state index contributed by atoms with van der Waals surface area (Å²) in [6.07, 6.45) is 4.67. The van der Waals surface area contributed by atoms with Gasteiger partial charge in [0, 0.05) is 28.1 Å². The van der Waals surface area contributed by atoms with Gasteiger partial charge in [-0.1, -0.05) is 171 Å². The van der Waals surface area contributed by atoms with Crippen molar-refractivity contribution < 1.29 is 0 Å². The topological polar surface area (TPSA) is 12.0 Å². The number of benzene rings is 4. The first kappa shape index (κ1) is 41.1. The monoisotopic (exact) mass is 759 g/mol. The highest BCUT2D eigenvalue weighted by Gasteiger charge is 2.48. The predicted octanol–water partition coefficient (Wildman–Crippen LogP) is 12.8. The zero-order chi connectivity index (χ0) is 39.6. The summed E-state index contributed by atoms with van der Waals surface area (Å²) in [7, 11) is -0.894. The highest BCUT2D eigenvalue weighted by atomic mass is 32.2. The Morgan fingerprint density at radius 2 is 0.981 bits per heavy atom. The lowest BCUT2D eigenvalue weighted by Gasteiger charge is -2.35. The number of hydrogen-bond donors (Lipinski definition) is 1. The highest BCUT2D eigenvalue weighted by molar-refractivity contribution is 8.00. The van der Waals surface area contributed by atoms with E-state index >= 15 is 0 Å². The largest absolute Gasteiger partial charge is 0.384 e. The number of hydrogen-bond acceptors (Lipinski definition) is 2. The molecule has 1 atom stereocenters. The van der Waals surface area contributed by atoms with E-state index in [2.05, 4.69) is 194 Å². The molecular formula is C51H70NPS. The standard InChI is InChI=1S/C51H70NPS/c1-46(2,3)36-28-37(47(4,5)6)31-40(30-36)53(41-32-38(48(7,8)9)29-39(33-41)49(10,11)12)43-21-17-19-35-23-25-51(45(35)43)24-22-34-18-16-20-42(44(34)51)52-26-27-54-50(13,14)15/h16-21,28-33,52H,22-27H2,1-15H3/t51-/m1/s1. The Hall–Kier alpha value is -2.54. The molecule has 0 aliphatic heterocycles. The summed E-state index contributed by atoms with van der Waals surface area (Å²) < 4.78 is 0.270. The second-order valence-corrected chi connectivity index (χ2v) is 25.6. The van der Waals surface area contributed by atoms with E-state index in [-0.39, 0.29) is 31.8 Å². The molecular weight excluding hydrogens is 690 g/mol. The lowest BCUT2D eigenvalue weighted by molar-refractivity contribution is 0.510. The van der Waals surface area contributed by atoms with Crippen molar-refractivity contribution in [3.63, 3.8) is 0 Å².